The summed E-state index contributed by atoms with van der Waals surface area (Å²) < 4.78 is 14.2. The highest BCUT2D eigenvalue weighted by Crippen LogP contribution is 2.35. The van der Waals surface area contributed by atoms with E-state index in [2.05, 4.69) is 97.0 Å². The van der Waals surface area contributed by atoms with Gasteiger partial charge in [0.05, 0.1) is 13.2 Å². The zero-order valence-corrected chi connectivity index (χ0v) is 27.5. The zero-order chi connectivity index (χ0) is 25.8. The van der Waals surface area contributed by atoms with Gasteiger partial charge in [0.25, 0.3) is 0 Å². The Balaban J connectivity index is 0.000000280. The number of fused-ring (bicyclic) bond motifs is 1. The van der Waals surface area contributed by atoms with Crippen molar-refractivity contribution in [2.24, 2.45) is 0 Å². The second-order valence-electron chi connectivity index (χ2n) is 6.02. The molecule has 1 aromatic heterocycles. The van der Waals surface area contributed by atoms with E-state index < -0.39 is 0 Å². The summed E-state index contributed by atoms with van der Waals surface area (Å²) in [5.41, 5.74) is 0.578. The number of carbonyl (C=O) groups excluding carboxylic acids is 3. The van der Waals surface area contributed by atoms with E-state index in [9.17, 15) is 14.4 Å². The molecule has 34 heavy (non-hydrogen) atoms. The van der Waals surface area contributed by atoms with Gasteiger partial charge in [0, 0.05) is 33.0 Å². The molecule has 3 rings (SSSR count). The third-order valence-electron chi connectivity index (χ3n) is 3.61. The SMILES string of the molecule is CCOC(=O)CBr.CCOC(=O)c1cc2cc(Br)cc(Br)c2s1.O=Cc1cc(Br)cc(Br)c1S. The summed E-state index contributed by atoms with van der Waals surface area (Å²) in [6, 6.07) is 9.37. The maximum absolute atomic E-state index is 11.6. The average molecular weight is 827 g/mol. The van der Waals surface area contributed by atoms with Crippen molar-refractivity contribution >= 4 is 132 Å². The summed E-state index contributed by atoms with van der Waals surface area (Å²) in [6.07, 6.45) is 0.776. The molecular formula is C22H19Br5O5S2. The van der Waals surface area contributed by atoms with Crippen LogP contribution in [0.3, 0.4) is 0 Å². The normalized spacial score (nSPS) is 9.88. The molecule has 0 spiro atoms. The molecule has 0 unspecified atom stereocenters. The molecule has 0 aliphatic carbocycles. The molecule has 0 saturated heterocycles. The zero-order valence-electron chi connectivity index (χ0n) is 17.9. The van der Waals surface area contributed by atoms with E-state index in [0.717, 1.165) is 34.3 Å². The molecule has 0 atom stereocenters. The number of benzene rings is 2. The first-order valence-electron chi connectivity index (χ1n) is 9.48. The van der Waals surface area contributed by atoms with Crippen molar-refractivity contribution in [1.29, 1.82) is 0 Å². The molecule has 0 fully saturated rings. The summed E-state index contributed by atoms with van der Waals surface area (Å²) in [5, 5.41) is 1.33. The summed E-state index contributed by atoms with van der Waals surface area (Å²) in [6.45, 7) is 4.45. The van der Waals surface area contributed by atoms with E-state index in [1.54, 1.807) is 19.9 Å². The molecule has 0 N–H and O–H groups in total. The van der Waals surface area contributed by atoms with Gasteiger partial charge in [-0.3, -0.25) is 9.59 Å². The smallest absolute Gasteiger partial charge is 0.348 e. The predicted octanol–water partition coefficient (Wildman–Crippen LogP) is 8.86. The lowest BCUT2D eigenvalue weighted by atomic mass is 10.2. The van der Waals surface area contributed by atoms with Crippen LogP contribution in [0, 0.1) is 0 Å². The highest BCUT2D eigenvalue weighted by atomic mass is 79.9. The number of aldehydes is 1. The number of thiophene rings is 1. The van der Waals surface area contributed by atoms with E-state index >= 15 is 0 Å². The topological polar surface area (TPSA) is 69.7 Å². The van der Waals surface area contributed by atoms with Crippen molar-refractivity contribution in [3.8, 4) is 0 Å². The van der Waals surface area contributed by atoms with Crippen LogP contribution in [0.4, 0.5) is 0 Å². The van der Waals surface area contributed by atoms with E-state index in [0.29, 0.717) is 33.9 Å². The molecule has 0 aliphatic heterocycles. The van der Waals surface area contributed by atoms with Gasteiger partial charge in [0.1, 0.15) is 10.2 Å². The van der Waals surface area contributed by atoms with E-state index in [-0.39, 0.29) is 11.9 Å². The largest absolute Gasteiger partial charge is 0.465 e. The van der Waals surface area contributed by atoms with Crippen molar-refractivity contribution in [2.75, 3.05) is 18.5 Å². The van der Waals surface area contributed by atoms with Crippen LogP contribution < -0.4 is 0 Å². The summed E-state index contributed by atoms with van der Waals surface area (Å²) >= 11 is 22.0. The summed E-state index contributed by atoms with van der Waals surface area (Å²) in [7, 11) is 0. The van der Waals surface area contributed by atoms with Crippen LogP contribution in [-0.2, 0) is 14.3 Å². The molecule has 0 saturated carbocycles. The van der Waals surface area contributed by atoms with E-state index in [1.807, 2.05) is 24.3 Å². The van der Waals surface area contributed by atoms with Gasteiger partial charge in [0.15, 0.2) is 6.29 Å². The molecule has 12 heteroatoms. The third-order valence-corrected chi connectivity index (χ3v) is 8.47. The third kappa shape index (κ3) is 10.4. The molecule has 2 aromatic carbocycles. The number of ether oxygens (including phenoxy) is 2. The maximum atomic E-state index is 11.6. The fourth-order valence-corrected chi connectivity index (χ4v) is 6.30. The van der Waals surface area contributed by atoms with Gasteiger partial charge in [-0.05, 0) is 81.4 Å². The number of thiol groups is 1. The molecule has 5 nitrogen and oxygen atoms in total. The second kappa shape index (κ2) is 16.5. The van der Waals surface area contributed by atoms with Crippen molar-refractivity contribution < 1.29 is 23.9 Å². The molecular weight excluding hydrogens is 808 g/mol. The Morgan fingerprint density at radius 3 is 2.06 bits per heavy atom. The maximum Gasteiger partial charge on any atom is 0.348 e. The fourth-order valence-electron chi connectivity index (χ4n) is 2.25. The average Bonchev–Trinajstić information content (AvgIpc) is 3.22. The minimum absolute atomic E-state index is 0.206. The van der Waals surface area contributed by atoms with Crippen LogP contribution >= 0.6 is 104 Å². The molecule has 1 heterocycles. The van der Waals surface area contributed by atoms with Crippen LogP contribution in [0.1, 0.15) is 33.9 Å². The Hall–Kier alpha value is -0.240. The quantitative estimate of drug-likeness (QED) is 0.121. The lowest BCUT2D eigenvalue weighted by molar-refractivity contribution is -0.139. The van der Waals surface area contributed by atoms with Crippen molar-refractivity contribution in [2.45, 2.75) is 18.7 Å². The van der Waals surface area contributed by atoms with Gasteiger partial charge in [0.2, 0.25) is 0 Å². The van der Waals surface area contributed by atoms with Crippen LogP contribution in [0.5, 0.6) is 0 Å². The number of esters is 2. The molecule has 0 aliphatic rings. The van der Waals surface area contributed by atoms with Crippen LogP contribution in [0.2, 0.25) is 0 Å². The van der Waals surface area contributed by atoms with Gasteiger partial charge in [-0.25, -0.2) is 4.79 Å². The number of rotatable bonds is 5. The summed E-state index contributed by atoms with van der Waals surface area (Å²) in [4.78, 5) is 33.5. The number of hydrogen-bond donors (Lipinski definition) is 1. The number of halogens is 5. The lowest BCUT2D eigenvalue weighted by Crippen LogP contribution is -2.03. The first kappa shape index (κ1) is 31.8. The summed E-state index contributed by atoms with van der Waals surface area (Å²) in [5.74, 6) is -0.464. The Morgan fingerprint density at radius 2 is 1.53 bits per heavy atom. The van der Waals surface area contributed by atoms with Gasteiger partial charge >= 0.3 is 11.9 Å². The number of alkyl halides is 1. The van der Waals surface area contributed by atoms with Crippen molar-refractivity contribution in [3.05, 3.63) is 58.7 Å². The highest BCUT2D eigenvalue weighted by molar-refractivity contribution is 9.11. The van der Waals surface area contributed by atoms with Crippen LogP contribution in [-0.4, -0.2) is 36.8 Å². The Bertz CT molecular complexity index is 1150. The Kier molecular flexibility index (Phi) is 15.4. The van der Waals surface area contributed by atoms with Gasteiger partial charge < -0.3 is 9.47 Å². The Morgan fingerprint density at radius 1 is 0.941 bits per heavy atom. The predicted molar refractivity (Wildman–Crippen MR) is 158 cm³/mol. The first-order valence-corrected chi connectivity index (χ1v) is 15.0. The lowest BCUT2D eigenvalue weighted by Gasteiger charge is -2.00. The van der Waals surface area contributed by atoms with Gasteiger partial charge in [-0.2, -0.15) is 0 Å². The van der Waals surface area contributed by atoms with Crippen molar-refractivity contribution in [1.82, 2.24) is 0 Å². The van der Waals surface area contributed by atoms with Gasteiger partial charge in [-0.15, -0.1) is 24.0 Å². The van der Waals surface area contributed by atoms with Gasteiger partial charge in [-0.1, -0.05) is 47.8 Å². The number of hydrogen-bond acceptors (Lipinski definition) is 7. The minimum atomic E-state index is -0.258. The fraction of sp³-hybridized carbons (Fsp3) is 0.227. The van der Waals surface area contributed by atoms with Crippen LogP contribution in [0.25, 0.3) is 10.1 Å². The molecule has 0 bridgehead atoms. The molecule has 3 aromatic rings. The molecule has 0 amide bonds. The van der Waals surface area contributed by atoms with E-state index in [4.69, 9.17) is 4.74 Å². The first-order chi connectivity index (χ1) is 16.1. The Labute approximate surface area is 249 Å². The van der Waals surface area contributed by atoms with Crippen molar-refractivity contribution in [3.63, 3.8) is 0 Å². The standard InChI is InChI=1S/C11H8Br2O2S.C7H4Br2OS.C4H7BrO2/c1-2-15-11(14)9-4-6-3-7(12)5-8(13)10(6)16-9;8-5-1-4(3-10)7(11)6(9)2-5;1-2-7-4(6)3-5/h3-5H,2H2,1H3;1-3,11H;2-3H2,1H3. The van der Waals surface area contributed by atoms with E-state index in [1.165, 1.54) is 11.3 Å². The highest BCUT2D eigenvalue weighted by Gasteiger charge is 2.13. The molecule has 184 valence electrons. The minimum Gasteiger partial charge on any atom is -0.465 e. The second-order valence-corrected chi connectivity index (χ2v) is 11.6. The number of carbonyl (C=O) groups is 3. The van der Waals surface area contributed by atoms with Crippen LogP contribution in [0.15, 0.2) is 53.1 Å². The monoisotopic (exact) mass is 822 g/mol. The molecule has 0 radical (unpaired) electrons.